The Morgan fingerprint density at radius 2 is 2.25 bits per heavy atom. The van der Waals surface area contributed by atoms with Crippen LogP contribution in [0, 0.1) is 5.92 Å². The summed E-state index contributed by atoms with van der Waals surface area (Å²) >= 11 is 0. The minimum absolute atomic E-state index is 0.123. The molecule has 1 aromatic heterocycles. The van der Waals surface area contributed by atoms with Gasteiger partial charge in [-0.05, 0) is 5.92 Å². The lowest BCUT2D eigenvalue weighted by atomic mass is 10.3. The fraction of sp³-hybridized carbons (Fsp3) is 0.667. The van der Waals surface area contributed by atoms with Crippen LogP contribution in [-0.2, 0) is 16.6 Å². The van der Waals surface area contributed by atoms with Gasteiger partial charge in [-0.3, -0.25) is 4.68 Å². The summed E-state index contributed by atoms with van der Waals surface area (Å²) in [6.07, 6.45) is 3.19. The number of nitrogens with one attached hydrogen (secondary N) is 1. The molecule has 16 heavy (non-hydrogen) atoms. The molecule has 0 saturated heterocycles. The van der Waals surface area contributed by atoms with Crippen molar-refractivity contribution < 1.29 is 8.42 Å². The molecule has 0 bridgehead atoms. The van der Waals surface area contributed by atoms with Crippen molar-refractivity contribution in [3.8, 4) is 0 Å². The van der Waals surface area contributed by atoms with Crippen LogP contribution < -0.4 is 10.5 Å². The van der Waals surface area contributed by atoms with Crippen molar-refractivity contribution in [1.82, 2.24) is 14.5 Å². The van der Waals surface area contributed by atoms with E-state index in [9.17, 15) is 8.42 Å². The molecule has 0 fully saturated rings. The molecule has 1 rings (SSSR count). The van der Waals surface area contributed by atoms with E-state index in [1.807, 2.05) is 13.8 Å². The number of anilines is 1. The highest BCUT2D eigenvalue weighted by atomic mass is 32.2. The van der Waals surface area contributed by atoms with Gasteiger partial charge in [0.15, 0.2) is 0 Å². The molecule has 1 heterocycles. The van der Waals surface area contributed by atoms with Gasteiger partial charge in [-0.1, -0.05) is 13.8 Å². The van der Waals surface area contributed by atoms with Crippen LogP contribution in [0.5, 0.6) is 0 Å². The molecule has 0 unspecified atom stereocenters. The number of hydrogen-bond donors (Lipinski definition) is 2. The van der Waals surface area contributed by atoms with E-state index in [1.165, 1.54) is 6.20 Å². The Balaban J connectivity index is 2.35. The van der Waals surface area contributed by atoms with Gasteiger partial charge in [0.1, 0.15) is 0 Å². The molecule has 3 N–H and O–H groups in total. The maximum Gasteiger partial charge on any atom is 0.211 e. The van der Waals surface area contributed by atoms with Crippen LogP contribution in [0.15, 0.2) is 12.4 Å². The molecule has 1 aromatic rings. The van der Waals surface area contributed by atoms with Gasteiger partial charge in [0.25, 0.3) is 0 Å². The lowest BCUT2D eigenvalue weighted by Crippen LogP contribution is -2.31. The zero-order valence-electron chi connectivity index (χ0n) is 9.55. The third-order valence-corrected chi connectivity index (χ3v) is 3.62. The van der Waals surface area contributed by atoms with Crippen LogP contribution in [0.1, 0.15) is 13.8 Å². The highest BCUT2D eigenvalue weighted by molar-refractivity contribution is 7.89. The van der Waals surface area contributed by atoms with Crippen molar-refractivity contribution in [2.24, 2.45) is 5.92 Å². The summed E-state index contributed by atoms with van der Waals surface area (Å²) in [7, 11) is -3.17. The summed E-state index contributed by atoms with van der Waals surface area (Å²) in [5.41, 5.74) is 6.05. The van der Waals surface area contributed by atoms with Crippen LogP contribution in [0.25, 0.3) is 0 Å². The fourth-order valence-corrected chi connectivity index (χ4v) is 2.71. The topological polar surface area (TPSA) is 90.0 Å². The van der Waals surface area contributed by atoms with Crippen LogP contribution in [0.3, 0.4) is 0 Å². The van der Waals surface area contributed by atoms with Gasteiger partial charge in [-0.25, -0.2) is 13.1 Å². The molecule has 0 atom stereocenters. The number of nitrogen functional groups attached to an aromatic ring is 1. The van der Waals surface area contributed by atoms with Crippen LogP contribution in [-0.4, -0.2) is 30.5 Å². The number of nitrogens with two attached hydrogens (primary N) is 1. The van der Waals surface area contributed by atoms with Gasteiger partial charge in [0.05, 0.1) is 24.2 Å². The molecule has 0 spiro atoms. The first-order valence-corrected chi connectivity index (χ1v) is 6.79. The van der Waals surface area contributed by atoms with E-state index < -0.39 is 10.0 Å². The second kappa shape index (κ2) is 5.31. The van der Waals surface area contributed by atoms with E-state index >= 15 is 0 Å². The zero-order valence-corrected chi connectivity index (χ0v) is 10.4. The predicted molar refractivity (Wildman–Crippen MR) is 63.3 cm³/mol. The van der Waals surface area contributed by atoms with Crippen LogP contribution >= 0.6 is 0 Å². The third-order valence-electron chi connectivity index (χ3n) is 1.87. The first kappa shape index (κ1) is 13.0. The average molecular weight is 246 g/mol. The monoisotopic (exact) mass is 246 g/mol. The third kappa shape index (κ3) is 4.63. The van der Waals surface area contributed by atoms with Gasteiger partial charge in [-0.2, -0.15) is 5.10 Å². The maximum atomic E-state index is 11.5. The predicted octanol–water partition coefficient (Wildman–Crippen LogP) is 0.0407. The van der Waals surface area contributed by atoms with Gasteiger partial charge in [-0.15, -0.1) is 0 Å². The fourth-order valence-electron chi connectivity index (χ4n) is 1.32. The largest absolute Gasteiger partial charge is 0.396 e. The molecule has 7 heteroatoms. The standard InChI is InChI=1S/C9H18N4O2S/c1-8(2)7-16(14,15)12-3-4-13-6-9(10)5-11-13/h5-6,8,12H,3-4,7,10H2,1-2H3. The van der Waals surface area contributed by atoms with E-state index in [1.54, 1.807) is 10.9 Å². The Labute approximate surface area is 95.9 Å². The van der Waals surface area contributed by atoms with Crippen molar-refractivity contribution in [2.75, 3.05) is 18.0 Å². The van der Waals surface area contributed by atoms with E-state index in [0.717, 1.165) is 0 Å². The van der Waals surface area contributed by atoms with Gasteiger partial charge >= 0.3 is 0 Å². The van der Waals surface area contributed by atoms with Crippen molar-refractivity contribution in [3.05, 3.63) is 12.4 Å². The molecule has 0 aliphatic heterocycles. The quantitative estimate of drug-likeness (QED) is 0.741. The second-order valence-corrected chi connectivity index (χ2v) is 5.96. The summed E-state index contributed by atoms with van der Waals surface area (Å²) in [5, 5.41) is 3.95. The number of sulfonamides is 1. The first-order chi connectivity index (χ1) is 7.39. The smallest absolute Gasteiger partial charge is 0.211 e. The molecule has 0 amide bonds. The highest BCUT2D eigenvalue weighted by Gasteiger charge is 2.11. The van der Waals surface area contributed by atoms with E-state index in [0.29, 0.717) is 18.8 Å². The Bertz CT molecular complexity index is 424. The Morgan fingerprint density at radius 1 is 1.56 bits per heavy atom. The average Bonchev–Trinajstić information content (AvgIpc) is 2.48. The molecular weight excluding hydrogens is 228 g/mol. The minimum Gasteiger partial charge on any atom is -0.396 e. The second-order valence-electron chi connectivity index (χ2n) is 4.11. The Morgan fingerprint density at radius 3 is 2.75 bits per heavy atom. The molecule has 0 radical (unpaired) electrons. The number of aromatic nitrogens is 2. The molecule has 0 saturated carbocycles. The first-order valence-electron chi connectivity index (χ1n) is 5.14. The molecule has 6 nitrogen and oxygen atoms in total. The van der Waals surface area contributed by atoms with Crippen molar-refractivity contribution in [1.29, 1.82) is 0 Å². The molecule has 0 aromatic carbocycles. The Kier molecular flexibility index (Phi) is 4.31. The van der Waals surface area contributed by atoms with Crippen LogP contribution in [0.4, 0.5) is 5.69 Å². The van der Waals surface area contributed by atoms with Crippen molar-refractivity contribution in [3.63, 3.8) is 0 Å². The molecule has 0 aliphatic carbocycles. The van der Waals surface area contributed by atoms with E-state index in [-0.39, 0.29) is 11.7 Å². The summed E-state index contributed by atoms with van der Waals surface area (Å²) in [6, 6.07) is 0. The summed E-state index contributed by atoms with van der Waals surface area (Å²) in [6.45, 7) is 4.55. The summed E-state index contributed by atoms with van der Waals surface area (Å²) in [5.74, 6) is 0.270. The Hall–Kier alpha value is -1.08. The summed E-state index contributed by atoms with van der Waals surface area (Å²) in [4.78, 5) is 0. The molecule has 0 aliphatic rings. The minimum atomic E-state index is -3.17. The van der Waals surface area contributed by atoms with E-state index in [4.69, 9.17) is 5.73 Å². The number of hydrogen-bond acceptors (Lipinski definition) is 4. The lowest BCUT2D eigenvalue weighted by molar-refractivity contribution is 0.551. The maximum absolute atomic E-state index is 11.5. The van der Waals surface area contributed by atoms with E-state index in [2.05, 4.69) is 9.82 Å². The van der Waals surface area contributed by atoms with Gasteiger partial charge < -0.3 is 5.73 Å². The van der Waals surface area contributed by atoms with Gasteiger partial charge in [0, 0.05) is 12.7 Å². The zero-order chi connectivity index (χ0) is 12.2. The highest BCUT2D eigenvalue weighted by Crippen LogP contribution is 1.99. The molecule has 92 valence electrons. The van der Waals surface area contributed by atoms with Crippen LogP contribution in [0.2, 0.25) is 0 Å². The van der Waals surface area contributed by atoms with Crippen molar-refractivity contribution >= 4 is 15.7 Å². The van der Waals surface area contributed by atoms with Crippen molar-refractivity contribution in [2.45, 2.75) is 20.4 Å². The lowest BCUT2D eigenvalue weighted by Gasteiger charge is -2.08. The summed E-state index contributed by atoms with van der Waals surface area (Å²) < 4.78 is 27.1. The molecular formula is C9H18N4O2S. The number of rotatable bonds is 6. The normalized spacial score (nSPS) is 12.2. The van der Waals surface area contributed by atoms with Gasteiger partial charge in [0.2, 0.25) is 10.0 Å². The SMILES string of the molecule is CC(C)CS(=O)(=O)NCCn1cc(N)cn1. The number of nitrogens with zero attached hydrogens (tertiary/aromatic N) is 2.